The number of rotatable bonds is 6. The first-order valence-corrected chi connectivity index (χ1v) is 19.9. The van der Waals surface area contributed by atoms with Gasteiger partial charge in [0.2, 0.25) is 0 Å². The van der Waals surface area contributed by atoms with Crippen LogP contribution in [0, 0.1) is 0 Å². The van der Waals surface area contributed by atoms with Crippen molar-refractivity contribution < 1.29 is 9.60 Å². The third-order valence-electron chi connectivity index (χ3n) is 12.1. The second-order valence-electron chi connectivity index (χ2n) is 15.1. The van der Waals surface area contributed by atoms with Crippen molar-refractivity contribution in [1.29, 1.82) is 0 Å². The molecular formula is C57H38N2. The molecule has 11 aromatic rings. The van der Waals surface area contributed by atoms with Gasteiger partial charge < -0.3 is 9.47 Å². The zero-order valence-corrected chi connectivity index (χ0v) is 31.8. The minimum atomic E-state index is -1.41. The molecular weight excluding hydrogens is 713 g/mol. The van der Waals surface area contributed by atoms with E-state index in [0.717, 1.165) is 83.1 Å². The van der Waals surface area contributed by atoms with Crippen LogP contribution < -0.4 is 4.90 Å². The molecule has 1 atom stereocenters. The van der Waals surface area contributed by atoms with Gasteiger partial charge in [-0.2, -0.15) is 0 Å². The third-order valence-corrected chi connectivity index (χ3v) is 12.1. The van der Waals surface area contributed by atoms with E-state index in [0.29, 0.717) is 0 Å². The first kappa shape index (κ1) is 27.0. The lowest BCUT2D eigenvalue weighted by molar-refractivity contribution is 0.777. The minimum absolute atomic E-state index is 0.0597. The molecule has 0 spiro atoms. The second-order valence-corrected chi connectivity index (χ2v) is 15.1. The monoisotopic (exact) mass is 757 g/mol. The molecule has 0 bridgehead atoms. The minimum Gasteiger partial charge on any atom is -0.310 e. The molecule has 1 heterocycles. The van der Waals surface area contributed by atoms with Crippen LogP contribution in [-0.2, 0) is 5.41 Å². The van der Waals surface area contributed by atoms with E-state index in [1.807, 2.05) is 78.9 Å². The van der Waals surface area contributed by atoms with Gasteiger partial charge in [-0.1, -0.05) is 170 Å². The summed E-state index contributed by atoms with van der Waals surface area (Å²) in [6.07, 6.45) is 0. The van der Waals surface area contributed by atoms with Crippen molar-refractivity contribution in [1.82, 2.24) is 4.57 Å². The first-order chi connectivity index (χ1) is 32.2. The molecule has 12 rings (SSSR count). The van der Waals surface area contributed by atoms with Crippen molar-refractivity contribution >= 4 is 60.4 Å². The van der Waals surface area contributed by atoms with Crippen molar-refractivity contribution in [2.75, 3.05) is 4.90 Å². The van der Waals surface area contributed by atoms with Crippen LogP contribution in [0.1, 0.15) is 31.8 Å². The van der Waals surface area contributed by atoms with Crippen LogP contribution in [-0.4, -0.2) is 4.57 Å². The highest BCUT2D eigenvalue weighted by atomic mass is 15.1. The molecule has 0 saturated heterocycles. The highest BCUT2D eigenvalue weighted by Crippen LogP contribution is 2.58. The van der Waals surface area contributed by atoms with Crippen molar-refractivity contribution in [3.63, 3.8) is 0 Å². The second kappa shape index (κ2) is 13.2. The third kappa shape index (κ3) is 5.00. The zero-order chi connectivity index (χ0) is 45.0. The van der Waals surface area contributed by atoms with E-state index in [9.17, 15) is 6.85 Å². The maximum atomic E-state index is 9.99. The number of fused-ring (bicyclic) bond motifs is 8. The van der Waals surface area contributed by atoms with E-state index >= 15 is 0 Å². The van der Waals surface area contributed by atoms with E-state index in [4.69, 9.17) is 2.74 Å². The van der Waals surface area contributed by atoms with Gasteiger partial charge >= 0.3 is 0 Å². The predicted molar refractivity (Wildman–Crippen MR) is 248 cm³/mol. The molecule has 10 aromatic carbocycles. The van der Waals surface area contributed by atoms with Gasteiger partial charge in [0.1, 0.15) is 0 Å². The lowest BCUT2D eigenvalue weighted by Crippen LogP contribution is -2.29. The van der Waals surface area contributed by atoms with Gasteiger partial charge in [-0.15, -0.1) is 0 Å². The van der Waals surface area contributed by atoms with E-state index < -0.39 is 35.6 Å². The Morgan fingerprint density at radius 3 is 1.97 bits per heavy atom. The SMILES string of the molecule is [2H]c1c([2H])c([2H])c2c(C3(c4ccc5c6ccccc6n(-c6ccccc6)c5c4)c4ccccc4-c4cc(N(c5ccccc5)c5ccc6ccccc6c5)ccc43)c([2H])c([2H])c([2H])c2c1[2H]. The zero-order valence-electron chi connectivity index (χ0n) is 38.8. The number of para-hydroxylation sites is 3. The largest absolute Gasteiger partial charge is 0.310 e. The molecule has 0 N–H and O–H groups in total. The summed E-state index contributed by atoms with van der Waals surface area (Å²) in [6.45, 7) is 0. The van der Waals surface area contributed by atoms with E-state index in [2.05, 4.69) is 119 Å². The summed E-state index contributed by atoms with van der Waals surface area (Å²) in [4.78, 5) is 2.23. The van der Waals surface area contributed by atoms with Gasteiger partial charge in [0, 0.05) is 33.5 Å². The number of hydrogen-bond acceptors (Lipinski definition) is 1. The summed E-state index contributed by atoms with van der Waals surface area (Å²) in [5.74, 6) is 0. The topological polar surface area (TPSA) is 8.17 Å². The fourth-order valence-corrected chi connectivity index (χ4v) is 9.63. The smallest absolute Gasteiger partial charge is 0.0720 e. The number of anilines is 3. The van der Waals surface area contributed by atoms with Crippen LogP contribution in [0.25, 0.3) is 60.2 Å². The number of benzene rings is 10. The Morgan fingerprint density at radius 2 is 1.07 bits per heavy atom. The van der Waals surface area contributed by atoms with Crippen LogP contribution in [0.4, 0.5) is 17.1 Å². The van der Waals surface area contributed by atoms with E-state index in [1.165, 1.54) is 0 Å². The highest BCUT2D eigenvalue weighted by Gasteiger charge is 2.47. The van der Waals surface area contributed by atoms with Gasteiger partial charge in [0.05, 0.1) is 26.0 Å². The van der Waals surface area contributed by atoms with E-state index in [1.54, 1.807) is 0 Å². The quantitative estimate of drug-likeness (QED) is 0.164. The summed E-state index contributed by atoms with van der Waals surface area (Å²) in [5, 5.41) is 4.30. The lowest BCUT2D eigenvalue weighted by Gasteiger charge is -2.35. The molecule has 0 amide bonds. The normalized spacial score (nSPS) is 16.2. The average Bonchev–Trinajstić information content (AvgIpc) is 3.85. The molecule has 0 fully saturated rings. The number of nitrogens with zero attached hydrogens (tertiary/aromatic N) is 2. The van der Waals surface area contributed by atoms with Crippen LogP contribution in [0.2, 0.25) is 0 Å². The highest BCUT2D eigenvalue weighted by molar-refractivity contribution is 6.10. The molecule has 59 heavy (non-hydrogen) atoms. The van der Waals surface area contributed by atoms with Gasteiger partial charge in [-0.25, -0.2) is 0 Å². The van der Waals surface area contributed by atoms with Gasteiger partial charge in [0.25, 0.3) is 0 Å². The van der Waals surface area contributed by atoms with Crippen molar-refractivity contribution in [2.24, 2.45) is 0 Å². The van der Waals surface area contributed by atoms with Crippen LogP contribution in [0.5, 0.6) is 0 Å². The molecule has 1 unspecified atom stereocenters. The van der Waals surface area contributed by atoms with Crippen LogP contribution in [0.15, 0.2) is 230 Å². The summed E-state index contributed by atoms with van der Waals surface area (Å²) in [7, 11) is 0. The molecule has 1 aliphatic carbocycles. The number of aromatic nitrogens is 1. The predicted octanol–water partition coefficient (Wildman–Crippen LogP) is 14.9. The summed E-state index contributed by atoms with van der Waals surface area (Å²) < 4.78 is 67.3. The first-order valence-electron chi connectivity index (χ1n) is 23.4. The fourth-order valence-electron chi connectivity index (χ4n) is 9.63. The van der Waals surface area contributed by atoms with Crippen molar-refractivity contribution in [3.8, 4) is 16.8 Å². The van der Waals surface area contributed by atoms with Crippen LogP contribution >= 0.6 is 0 Å². The van der Waals surface area contributed by atoms with Gasteiger partial charge in [-0.3, -0.25) is 0 Å². The Balaban J connectivity index is 1.23. The Bertz CT molecular complexity index is 3800. The molecule has 1 aliphatic rings. The molecule has 0 aliphatic heterocycles. The lowest BCUT2D eigenvalue weighted by atomic mass is 9.66. The van der Waals surface area contributed by atoms with Crippen molar-refractivity contribution in [2.45, 2.75) is 5.41 Å². The summed E-state index contributed by atoms with van der Waals surface area (Å²) in [6, 6.07) is 61.5. The molecule has 2 heteroatoms. The Hall–Kier alpha value is -7.68. The summed E-state index contributed by atoms with van der Waals surface area (Å²) >= 11 is 0. The van der Waals surface area contributed by atoms with Crippen LogP contribution in [0.3, 0.4) is 0 Å². The maximum absolute atomic E-state index is 9.99. The van der Waals surface area contributed by atoms with Crippen molar-refractivity contribution in [3.05, 3.63) is 253 Å². The maximum Gasteiger partial charge on any atom is 0.0720 e. The number of hydrogen-bond donors (Lipinski definition) is 0. The fraction of sp³-hybridized carbons (Fsp3) is 0.0175. The van der Waals surface area contributed by atoms with Gasteiger partial charge in [0.15, 0.2) is 0 Å². The molecule has 0 saturated carbocycles. The average molecular weight is 758 g/mol. The molecule has 276 valence electrons. The molecule has 2 nitrogen and oxygen atoms in total. The Kier molecular flexibility index (Phi) is 6.05. The van der Waals surface area contributed by atoms with E-state index in [-0.39, 0.29) is 28.4 Å². The molecule has 1 aromatic heterocycles. The summed E-state index contributed by atoms with van der Waals surface area (Å²) in [5.41, 5.74) is 8.66. The standard InChI is InChI=1S/C57H38N2/c1-3-20-43(21-4-1)58(45-32-30-39-16-7-8-18-41(39)36-45)46-33-35-54-51(38-46)48-25-11-13-27-53(48)57(54,52-28-15-19-40-17-9-10-24-47(40)52)42-31-34-50-49-26-12-14-29-55(49)59(56(50)37-42)44-22-5-2-6-23-44/h1-38H/i9D,10D,15D,17D,19D,24D,28D. The van der Waals surface area contributed by atoms with Gasteiger partial charge in [-0.05, 0) is 116 Å². The Morgan fingerprint density at radius 1 is 0.390 bits per heavy atom. The Labute approximate surface area is 353 Å². The molecule has 0 radical (unpaired) electrons.